The summed E-state index contributed by atoms with van der Waals surface area (Å²) in [6.07, 6.45) is -18.7. The molecule has 9 nitrogen and oxygen atoms in total. The molecule has 2 N–H and O–H groups in total. The molecule has 85 heavy (non-hydrogen) atoms. The molecule has 0 saturated carbocycles. The van der Waals surface area contributed by atoms with Crippen LogP contribution in [-0.2, 0) is 56.6 Å². The number of carboxylic acids is 2. The van der Waals surface area contributed by atoms with Crippen molar-refractivity contribution in [2.75, 3.05) is 0 Å². The third kappa shape index (κ3) is 22.0. The van der Waals surface area contributed by atoms with Crippen LogP contribution in [0.1, 0.15) is 50.4 Å². The van der Waals surface area contributed by atoms with Gasteiger partial charge in [0, 0.05) is 0 Å². The minimum Gasteiger partial charge on any atom is -0.872 e. The van der Waals surface area contributed by atoms with Crippen molar-refractivity contribution in [2.24, 2.45) is 0 Å². The first-order valence-electron chi connectivity index (χ1n) is 22.3. The van der Waals surface area contributed by atoms with E-state index in [1.165, 1.54) is 121 Å². The molecule has 0 unspecified atom stereocenters. The zero-order valence-corrected chi connectivity index (χ0v) is 47.2. The Morgan fingerprint density at radius 1 is 0.365 bits per heavy atom. The molecule has 0 aromatic heterocycles. The van der Waals surface area contributed by atoms with E-state index in [1.54, 1.807) is 60.7 Å². The Labute approximate surface area is 504 Å². The van der Waals surface area contributed by atoms with Crippen molar-refractivity contribution in [3.63, 3.8) is 0 Å². The van der Waals surface area contributed by atoms with Crippen molar-refractivity contribution in [3.8, 4) is 11.5 Å². The van der Waals surface area contributed by atoms with Gasteiger partial charge >= 0.3 is 71.7 Å². The zero-order chi connectivity index (χ0) is 61.4. The second-order valence-corrected chi connectivity index (χ2v) is 21.0. The van der Waals surface area contributed by atoms with Gasteiger partial charge in [-0.25, -0.2) is 18.0 Å². The fourth-order valence-electron chi connectivity index (χ4n) is 6.66. The van der Waals surface area contributed by atoms with Gasteiger partial charge in [-0.15, -0.1) is 0 Å². The molecule has 0 aliphatic carbocycles. The van der Waals surface area contributed by atoms with Gasteiger partial charge in [-0.05, 0) is 84.9 Å². The van der Waals surface area contributed by atoms with E-state index in [2.05, 4.69) is 0 Å². The number of hydrogen-bond acceptors (Lipinski definition) is 7. The molecule has 0 bridgehead atoms. The summed E-state index contributed by atoms with van der Waals surface area (Å²) in [5.74, 6) is -3.25. The first kappa shape index (κ1) is 75.9. The minimum atomic E-state index is -6.09. The molecule has 0 saturated heterocycles. The molecule has 0 amide bonds. The Morgan fingerprint density at radius 2 is 0.553 bits per heavy atom. The Hall–Kier alpha value is -7.14. The predicted octanol–water partition coefficient (Wildman–Crippen LogP) is 12.7. The zero-order valence-electron chi connectivity index (χ0n) is 42.8. The fraction of sp³-hybridized carbons (Fsp3) is 0.105. The van der Waals surface area contributed by atoms with E-state index >= 15 is 0 Å². The number of hydrogen-bond donors (Lipinski definition) is 2. The van der Waals surface area contributed by atoms with Crippen molar-refractivity contribution >= 4 is 43.8 Å². The number of rotatable bonds is 8. The van der Waals surface area contributed by atoms with Gasteiger partial charge in [0.05, 0.1) is 11.1 Å². The van der Waals surface area contributed by atoms with Gasteiger partial charge in [0.2, 0.25) is 0 Å². The van der Waals surface area contributed by atoms with Crippen LogP contribution in [-0.4, -0.2) is 40.6 Å². The summed E-state index contributed by atoms with van der Waals surface area (Å²) < 4.78 is 222. The Balaban J connectivity index is 0.000000577. The smallest absolute Gasteiger partial charge is 0.872 e. The average Bonchev–Trinajstić information content (AvgIpc) is 1.49. The topological polar surface area (TPSA) is 178 Å². The summed E-state index contributed by atoms with van der Waals surface area (Å²) in [6, 6.07) is 46.1. The van der Waals surface area contributed by atoms with Crippen LogP contribution in [0.3, 0.4) is 0 Å². The quantitative estimate of drug-likeness (QED) is 0.0374. The van der Waals surface area contributed by atoms with Gasteiger partial charge in [0.1, 0.15) is 44.0 Å². The molecule has 0 spiro atoms. The molecular weight excluding hydrogens is 1230 g/mol. The Morgan fingerprint density at radius 3 is 0.729 bits per heavy atom. The molecule has 8 aromatic rings. The molecular formula is C57H43F15NaO9S3-. The van der Waals surface area contributed by atoms with E-state index < -0.39 is 108 Å². The molecule has 0 atom stereocenters. The first-order valence-corrected chi connectivity index (χ1v) is 26.2. The van der Waals surface area contributed by atoms with E-state index in [0.29, 0.717) is 9.79 Å². The summed E-state index contributed by atoms with van der Waals surface area (Å²) in [6.45, 7) is 0. The van der Waals surface area contributed by atoms with Gasteiger partial charge in [-0.3, -0.25) is 0 Å². The monoisotopic (exact) mass is 1280 g/mol. The van der Waals surface area contributed by atoms with Crippen LogP contribution in [0.5, 0.6) is 11.5 Å². The maximum atomic E-state index is 13.6. The number of para-hydroxylation sites is 2. The van der Waals surface area contributed by atoms with Gasteiger partial charge in [-0.1, -0.05) is 140 Å². The molecule has 0 heterocycles. The number of benzene rings is 8. The number of carboxylic acid groups (broad SMARTS) is 2. The van der Waals surface area contributed by atoms with Crippen LogP contribution in [0.4, 0.5) is 65.9 Å². The predicted molar refractivity (Wildman–Crippen MR) is 278 cm³/mol. The van der Waals surface area contributed by atoms with Crippen molar-refractivity contribution < 1.29 is 138 Å². The molecule has 28 heteroatoms. The number of aromatic carboxylic acids is 2. The maximum absolute atomic E-state index is 13.6. The Kier molecular flexibility index (Phi) is 28.9. The van der Waals surface area contributed by atoms with Crippen LogP contribution in [0.2, 0.25) is 0 Å². The van der Waals surface area contributed by atoms with Gasteiger partial charge in [0.25, 0.3) is 0 Å². The fourth-order valence-corrected chi connectivity index (χ4v) is 11.5. The van der Waals surface area contributed by atoms with Crippen molar-refractivity contribution in [3.05, 3.63) is 247 Å². The second kappa shape index (κ2) is 32.4. The van der Waals surface area contributed by atoms with Crippen LogP contribution >= 0.6 is 0 Å². The molecule has 0 fully saturated rings. The molecule has 8 rings (SSSR count). The number of halogens is 15. The Bertz CT molecular complexity index is 3190. The standard InChI is InChI=1S/2C20H13F6S.2C7H6O3.CHF3O3S.CH4.CH3.Na/c2*21-19(22,23)15-10-4-6-12-17(15)27(14-8-2-1-3-9-14)18-13-7-5-11-16(18)20(24,25)26;2*8-6-4-2-1-3-5(6)7(9)10;2-1(3,4)8(5,6)7;;;/h2*1-13H;2*1-4,8H,(H,9,10);(H,5,6,7);1H4;1H3;/q2*+1;;;;;-1;+1/p-3. The SMILES string of the molecule is C.FC(F)(F)c1ccccc1[S+](c1ccccc1)c1ccccc1C(F)(F)F.FC(F)(F)c1ccccc1[S+](c1ccccc1)c1ccccc1C(F)(F)F.O=C(O)c1ccccc1[O-].O=C(O)c1ccccc1[O-].O=S(=O)([O-])C(F)(F)F.[CH3-].[Na+]. The summed E-state index contributed by atoms with van der Waals surface area (Å²) in [7, 11) is -9.23. The van der Waals surface area contributed by atoms with Crippen molar-refractivity contribution in [1.29, 1.82) is 0 Å². The van der Waals surface area contributed by atoms with E-state index in [1.807, 2.05) is 0 Å². The third-order valence-corrected chi connectivity index (χ3v) is 15.4. The number of alkyl halides is 15. The molecule has 0 radical (unpaired) electrons. The molecule has 450 valence electrons. The summed E-state index contributed by atoms with van der Waals surface area (Å²) in [5.41, 5.74) is -9.75. The van der Waals surface area contributed by atoms with Gasteiger partial charge < -0.3 is 32.4 Å². The van der Waals surface area contributed by atoms with Crippen LogP contribution < -0.4 is 39.8 Å². The van der Waals surface area contributed by atoms with E-state index in [9.17, 15) is 85.7 Å². The van der Waals surface area contributed by atoms with Crippen LogP contribution in [0.25, 0.3) is 0 Å². The first-order chi connectivity index (χ1) is 38.1. The largest absolute Gasteiger partial charge is 1.00 e. The summed E-state index contributed by atoms with van der Waals surface area (Å²) in [5, 5.41) is 38.1. The van der Waals surface area contributed by atoms with E-state index in [4.69, 9.17) is 23.2 Å². The maximum Gasteiger partial charge on any atom is 1.00 e. The van der Waals surface area contributed by atoms with Gasteiger partial charge in [0.15, 0.2) is 39.5 Å². The van der Waals surface area contributed by atoms with Crippen molar-refractivity contribution in [2.45, 2.75) is 67.0 Å². The van der Waals surface area contributed by atoms with E-state index in [0.717, 1.165) is 24.3 Å². The number of carbonyl (C=O) groups is 2. The van der Waals surface area contributed by atoms with E-state index in [-0.39, 0.29) is 75.1 Å². The molecule has 0 aliphatic rings. The molecule has 8 aromatic carbocycles. The second-order valence-electron chi connectivity index (χ2n) is 15.7. The minimum absolute atomic E-state index is 0. The molecule has 0 aliphatic heterocycles. The third-order valence-electron chi connectivity index (χ3n) is 10.1. The average molecular weight is 1280 g/mol. The summed E-state index contributed by atoms with van der Waals surface area (Å²) >= 11 is 0. The van der Waals surface area contributed by atoms with Gasteiger partial charge in [-0.2, -0.15) is 65.9 Å². The van der Waals surface area contributed by atoms with Crippen molar-refractivity contribution in [1.82, 2.24) is 0 Å². The van der Waals surface area contributed by atoms with Crippen LogP contribution in [0, 0.1) is 7.43 Å². The van der Waals surface area contributed by atoms with Crippen LogP contribution in [0.15, 0.2) is 236 Å². The normalized spacial score (nSPS) is 11.4. The summed E-state index contributed by atoms with van der Waals surface area (Å²) in [4.78, 5) is 20.5.